The van der Waals surface area contributed by atoms with E-state index in [9.17, 15) is 4.79 Å². The summed E-state index contributed by atoms with van der Waals surface area (Å²) in [5, 5.41) is 6.63. The number of amides is 1. The van der Waals surface area contributed by atoms with E-state index in [1.54, 1.807) is 7.05 Å². The molecule has 2 aromatic rings. The average Bonchev–Trinajstić information content (AvgIpc) is 3.16. The second-order valence-corrected chi connectivity index (χ2v) is 7.10. The van der Waals surface area contributed by atoms with Crippen molar-refractivity contribution < 1.29 is 9.53 Å². The number of rotatable bonds is 9. The predicted molar refractivity (Wildman–Crippen MR) is 116 cm³/mol. The number of carbonyl (C=O) groups is 1. The maximum absolute atomic E-state index is 11.7. The van der Waals surface area contributed by atoms with Crippen LogP contribution in [0.2, 0.25) is 0 Å². The molecule has 1 aliphatic heterocycles. The molecule has 2 aromatic carbocycles. The van der Waals surface area contributed by atoms with Crippen LogP contribution < -0.4 is 15.4 Å². The van der Waals surface area contributed by atoms with E-state index in [1.165, 1.54) is 11.1 Å². The summed E-state index contributed by atoms with van der Waals surface area (Å²) in [6.45, 7) is 3.73. The number of ether oxygens (including phenoxy) is 1. The molecule has 3 rings (SSSR count). The van der Waals surface area contributed by atoms with Gasteiger partial charge < -0.3 is 20.3 Å². The lowest BCUT2D eigenvalue weighted by Crippen LogP contribution is -2.37. The van der Waals surface area contributed by atoms with E-state index < -0.39 is 0 Å². The Morgan fingerprint density at radius 3 is 2.52 bits per heavy atom. The Hall–Kier alpha value is -3.02. The van der Waals surface area contributed by atoms with Crippen molar-refractivity contribution in [1.82, 2.24) is 15.5 Å². The summed E-state index contributed by atoms with van der Waals surface area (Å²) in [7, 11) is 1.77. The van der Waals surface area contributed by atoms with E-state index in [4.69, 9.17) is 4.74 Å². The smallest absolute Gasteiger partial charge is 0.222 e. The number of guanidine groups is 1. The van der Waals surface area contributed by atoms with E-state index in [0.717, 1.165) is 37.6 Å². The first-order chi connectivity index (χ1) is 14.2. The molecule has 0 atom stereocenters. The van der Waals surface area contributed by atoms with Gasteiger partial charge in [0.1, 0.15) is 5.75 Å². The van der Waals surface area contributed by atoms with E-state index in [2.05, 4.69) is 39.9 Å². The fourth-order valence-electron chi connectivity index (χ4n) is 3.25. The van der Waals surface area contributed by atoms with Gasteiger partial charge in [-0.1, -0.05) is 42.5 Å². The van der Waals surface area contributed by atoms with Crippen molar-refractivity contribution in [1.29, 1.82) is 0 Å². The third kappa shape index (κ3) is 6.82. The molecular weight excluding hydrogens is 364 g/mol. The number of para-hydroxylation sites is 1. The van der Waals surface area contributed by atoms with E-state index in [1.807, 2.05) is 35.2 Å². The largest absolute Gasteiger partial charge is 0.494 e. The standard InChI is InChI=1S/C23H30N4O2/c1-24-23(25-14-6-16-29-21-7-3-2-4-8-21)26-17-19-10-12-20(13-11-19)18-27-15-5-9-22(27)28/h2-4,7-8,10-13H,5-6,9,14-18H2,1H3,(H2,24,25,26). The van der Waals surface area contributed by atoms with Crippen LogP contribution in [0.4, 0.5) is 0 Å². The van der Waals surface area contributed by atoms with Crippen molar-refractivity contribution in [2.45, 2.75) is 32.4 Å². The zero-order valence-electron chi connectivity index (χ0n) is 17.1. The fraction of sp³-hybridized carbons (Fsp3) is 0.391. The van der Waals surface area contributed by atoms with Crippen LogP contribution >= 0.6 is 0 Å². The van der Waals surface area contributed by atoms with Crippen LogP contribution in [0.25, 0.3) is 0 Å². The maximum atomic E-state index is 11.7. The topological polar surface area (TPSA) is 66.0 Å². The van der Waals surface area contributed by atoms with Crippen LogP contribution in [-0.2, 0) is 17.9 Å². The molecule has 1 amide bonds. The highest BCUT2D eigenvalue weighted by atomic mass is 16.5. The van der Waals surface area contributed by atoms with Gasteiger partial charge in [-0.25, -0.2) is 0 Å². The Morgan fingerprint density at radius 1 is 1.07 bits per heavy atom. The van der Waals surface area contributed by atoms with Crippen molar-refractivity contribution in [3.63, 3.8) is 0 Å². The first kappa shape index (κ1) is 20.7. The Bertz CT molecular complexity index is 790. The minimum atomic E-state index is 0.264. The Morgan fingerprint density at radius 2 is 1.83 bits per heavy atom. The summed E-state index contributed by atoms with van der Waals surface area (Å²) in [5.74, 6) is 1.93. The number of hydrogen-bond donors (Lipinski definition) is 2. The second kappa shape index (κ2) is 11.1. The summed E-state index contributed by atoms with van der Waals surface area (Å²) in [4.78, 5) is 17.9. The molecule has 0 aliphatic carbocycles. The van der Waals surface area contributed by atoms with Crippen LogP contribution in [-0.4, -0.2) is 43.5 Å². The third-order valence-electron chi connectivity index (χ3n) is 4.88. The average molecular weight is 395 g/mol. The molecule has 0 aromatic heterocycles. The highest BCUT2D eigenvalue weighted by Crippen LogP contribution is 2.14. The second-order valence-electron chi connectivity index (χ2n) is 7.10. The number of carbonyl (C=O) groups excluding carboxylic acids is 1. The normalized spacial score (nSPS) is 14.2. The number of likely N-dealkylation sites (tertiary alicyclic amines) is 1. The lowest BCUT2D eigenvalue weighted by Gasteiger charge is -2.16. The minimum absolute atomic E-state index is 0.264. The SMILES string of the molecule is CN=C(NCCCOc1ccccc1)NCc1ccc(CN2CCCC2=O)cc1. The molecule has 6 nitrogen and oxygen atoms in total. The predicted octanol–water partition coefficient (Wildman–Crippen LogP) is 2.94. The van der Waals surface area contributed by atoms with Gasteiger partial charge in [-0.05, 0) is 36.1 Å². The molecular formula is C23H30N4O2. The Labute approximate surface area is 173 Å². The summed E-state index contributed by atoms with van der Waals surface area (Å²) >= 11 is 0. The first-order valence-electron chi connectivity index (χ1n) is 10.2. The highest BCUT2D eigenvalue weighted by molar-refractivity contribution is 5.79. The van der Waals surface area contributed by atoms with Crippen molar-refractivity contribution in [2.75, 3.05) is 26.7 Å². The lowest BCUT2D eigenvalue weighted by atomic mass is 10.1. The van der Waals surface area contributed by atoms with Crippen molar-refractivity contribution in [2.24, 2.45) is 4.99 Å². The zero-order chi connectivity index (χ0) is 20.3. The summed E-state index contributed by atoms with van der Waals surface area (Å²) in [5.41, 5.74) is 2.35. The number of hydrogen-bond acceptors (Lipinski definition) is 3. The van der Waals surface area contributed by atoms with Crippen molar-refractivity contribution in [3.8, 4) is 5.75 Å². The molecule has 0 radical (unpaired) electrons. The van der Waals surface area contributed by atoms with E-state index in [-0.39, 0.29) is 5.91 Å². The molecule has 0 spiro atoms. The van der Waals surface area contributed by atoms with Gasteiger partial charge in [0.05, 0.1) is 6.61 Å². The summed E-state index contributed by atoms with van der Waals surface area (Å²) in [6.07, 6.45) is 2.55. The van der Waals surface area contributed by atoms with Gasteiger partial charge in [-0.15, -0.1) is 0 Å². The maximum Gasteiger partial charge on any atom is 0.222 e. The molecule has 2 N–H and O–H groups in total. The molecule has 1 aliphatic rings. The van der Waals surface area contributed by atoms with Crippen LogP contribution in [0.5, 0.6) is 5.75 Å². The number of nitrogens with zero attached hydrogens (tertiary/aromatic N) is 2. The molecule has 0 unspecified atom stereocenters. The number of nitrogens with one attached hydrogen (secondary N) is 2. The van der Waals surface area contributed by atoms with E-state index >= 15 is 0 Å². The fourth-order valence-corrected chi connectivity index (χ4v) is 3.25. The molecule has 0 saturated carbocycles. The van der Waals surface area contributed by atoms with Gasteiger partial charge in [-0.3, -0.25) is 9.79 Å². The van der Waals surface area contributed by atoms with Crippen molar-refractivity contribution >= 4 is 11.9 Å². The van der Waals surface area contributed by atoms with Gasteiger partial charge in [0.25, 0.3) is 0 Å². The minimum Gasteiger partial charge on any atom is -0.494 e. The van der Waals surface area contributed by atoms with Crippen LogP contribution in [0, 0.1) is 0 Å². The van der Waals surface area contributed by atoms with Crippen LogP contribution in [0.1, 0.15) is 30.4 Å². The quantitative estimate of drug-likeness (QED) is 0.390. The van der Waals surface area contributed by atoms with Crippen molar-refractivity contribution in [3.05, 3.63) is 65.7 Å². The van der Waals surface area contributed by atoms with Crippen LogP contribution in [0.15, 0.2) is 59.6 Å². The van der Waals surface area contributed by atoms with Crippen LogP contribution in [0.3, 0.4) is 0 Å². The molecule has 1 heterocycles. The summed E-state index contributed by atoms with van der Waals surface area (Å²) < 4.78 is 5.69. The molecule has 6 heteroatoms. The molecule has 29 heavy (non-hydrogen) atoms. The number of aliphatic imine (C=N–C) groups is 1. The monoisotopic (exact) mass is 394 g/mol. The number of benzene rings is 2. The van der Waals surface area contributed by atoms with E-state index in [0.29, 0.717) is 26.1 Å². The first-order valence-corrected chi connectivity index (χ1v) is 10.2. The van der Waals surface area contributed by atoms with Gasteiger partial charge in [0, 0.05) is 39.6 Å². The molecule has 154 valence electrons. The van der Waals surface area contributed by atoms with Gasteiger partial charge in [0.2, 0.25) is 5.91 Å². The molecule has 1 saturated heterocycles. The Balaban J connectivity index is 1.34. The summed E-state index contributed by atoms with van der Waals surface area (Å²) in [6, 6.07) is 18.2. The van der Waals surface area contributed by atoms with Gasteiger partial charge >= 0.3 is 0 Å². The van der Waals surface area contributed by atoms with Gasteiger partial charge in [-0.2, -0.15) is 0 Å². The highest BCUT2D eigenvalue weighted by Gasteiger charge is 2.19. The Kier molecular flexibility index (Phi) is 7.92. The third-order valence-corrected chi connectivity index (χ3v) is 4.88. The lowest BCUT2D eigenvalue weighted by molar-refractivity contribution is -0.128. The zero-order valence-corrected chi connectivity index (χ0v) is 17.1. The van der Waals surface area contributed by atoms with Gasteiger partial charge in [0.15, 0.2) is 5.96 Å². The molecule has 1 fully saturated rings. The molecule has 0 bridgehead atoms.